The van der Waals surface area contributed by atoms with Crippen molar-refractivity contribution in [3.8, 4) is 0 Å². The molecule has 2 aromatic rings. The molecule has 0 saturated carbocycles. The van der Waals surface area contributed by atoms with Gasteiger partial charge in [0.15, 0.2) is 0 Å². The molecule has 4 nitrogen and oxygen atoms in total. The Balaban J connectivity index is 1.59. The van der Waals surface area contributed by atoms with Crippen LogP contribution in [0.15, 0.2) is 48.5 Å². The van der Waals surface area contributed by atoms with Gasteiger partial charge < -0.3 is 10.2 Å². The number of nitrogens with zero attached hydrogens (tertiary/aromatic N) is 1. The Morgan fingerprint density at radius 1 is 1.16 bits per heavy atom. The number of anilines is 1. The Morgan fingerprint density at radius 3 is 2.52 bits per heavy atom. The van der Waals surface area contributed by atoms with E-state index in [1.54, 1.807) is 0 Å². The molecule has 0 unspecified atom stereocenters. The number of aryl methyl sites for hydroxylation is 1. The van der Waals surface area contributed by atoms with Crippen molar-refractivity contribution in [2.24, 2.45) is 0 Å². The first-order valence-electron chi connectivity index (χ1n) is 8.79. The van der Waals surface area contributed by atoms with Gasteiger partial charge in [0, 0.05) is 18.7 Å². The lowest BCUT2D eigenvalue weighted by Gasteiger charge is -2.17. The van der Waals surface area contributed by atoms with Gasteiger partial charge in [-0.2, -0.15) is 0 Å². The van der Waals surface area contributed by atoms with Crippen molar-refractivity contribution in [1.82, 2.24) is 5.32 Å². The van der Waals surface area contributed by atoms with Gasteiger partial charge in [0.05, 0.1) is 12.5 Å². The van der Waals surface area contributed by atoms with E-state index < -0.39 is 0 Å². The first-order chi connectivity index (χ1) is 12.0. The van der Waals surface area contributed by atoms with Crippen molar-refractivity contribution >= 4 is 17.5 Å². The third-order valence-corrected chi connectivity index (χ3v) is 4.72. The summed E-state index contributed by atoms with van der Waals surface area (Å²) in [5, 5.41) is 3.06. The predicted octanol–water partition coefficient (Wildman–Crippen LogP) is 3.54. The summed E-state index contributed by atoms with van der Waals surface area (Å²) in [5.41, 5.74) is 4.18. The van der Waals surface area contributed by atoms with Gasteiger partial charge in [0.25, 0.3) is 0 Å². The predicted molar refractivity (Wildman–Crippen MR) is 99.5 cm³/mol. The third-order valence-electron chi connectivity index (χ3n) is 4.72. The first-order valence-corrected chi connectivity index (χ1v) is 8.79. The molecule has 1 heterocycles. The second-order valence-electron chi connectivity index (χ2n) is 6.64. The van der Waals surface area contributed by atoms with Crippen molar-refractivity contribution in [2.75, 3.05) is 11.4 Å². The fourth-order valence-corrected chi connectivity index (χ4v) is 3.34. The summed E-state index contributed by atoms with van der Waals surface area (Å²) in [6.07, 6.45) is 1.88. The lowest BCUT2D eigenvalue weighted by atomic mass is 10.0. The number of amides is 2. The molecule has 0 radical (unpaired) electrons. The minimum absolute atomic E-state index is 0.000696. The van der Waals surface area contributed by atoms with Gasteiger partial charge in [-0.1, -0.05) is 36.4 Å². The van der Waals surface area contributed by atoms with Crippen LogP contribution in [0.1, 0.15) is 42.5 Å². The van der Waals surface area contributed by atoms with E-state index in [-0.39, 0.29) is 17.9 Å². The third kappa shape index (κ3) is 4.08. The summed E-state index contributed by atoms with van der Waals surface area (Å²) in [4.78, 5) is 25.9. The molecule has 0 aliphatic carbocycles. The summed E-state index contributed by atoms with van der Waals surface area (Å²) in [6.45, 7) is 4.84. The molecule has 1 saturated heterocycles. The summed E-state index contributed by atoms with van der Waals surface area (Å²) < 4.78 is 0. The van der Waals surface area contributed by atoms with Gasteiger partial charge in [0.1, 0.15) is 0 Å². The van der Waals surface area contributed by atoms with E-state index >= 15 is 0 Å². The molecule has 0 spiro atoms. The van der Waals surface area contributed by atoms with Crippen molar-refractivity contribution < 1.29 is 9.59 Å². The van der Waals surface area contributed by atoms with Crippen LogP contribution in [0.25, 0.3) is 0 Å². The smallest absolute Gasteiger partial charge is 0.227 e. The molecule has 1 N–H and O–H groups in total. The monoisotopic (exact) mass is 336 g/mol. The zero-order valence-electron chi connectivity index (χ0n) is 14.8. The molecule has 130 valence electrons. The Labute approximate surface area is 148 Å². The topological polar surface area (TPSA) is 49.4 Å². The fourth-order valence-electron chi connectivity index (χ4n) is 3.34. The second-order valence-corrected chi connectivity index (χ2v) is 6.64. The summed E-state index contributed by atoms with van der Waals surface area (Å²) in [5.74, 6) is 0.179. The molecule has 25 heavy (non-hydrogen) atoms. The fraction of sp³-hybridized carbons (Fsp3) is 0.333. The van der Waals surface area contributed by atoms with Crippen molar-refractivity contribution in [3.63, 3.8) is 0 Å². The molecule has 1 aliphatic heterocycles. The number of hydrogen-bond donors (Lipinski definition) is 1. The Hall–Kier alpha value is -2.62. The summed E-state index contributed by atoms with van der Waals surface area (Å²) in [6, 6.07) is 15.8. The number of nitrogens with one attached hydrogen (secondary N) is 1. The van der Waals surface area contributed by atoms with Gasteiger partial charge >= 0.3 is 0 Å². The van der Waals surface area contributed by atoms with Gasteiger partial charge in [-0.05, 0) is 49.1 Å². The quantitative estimate of drug-likeness (QED) is 0.908. The van der Waals surface area contributed by atoms with E-state index in [1.807, 2.05) is 54.3 Å². The molecule has 1 aliphatic rings. The van der Waals surface area contributed by atoms with E-state index in [2.05, 4.69) is 18.3 Å². The van der Waals surface area contributed by atoms with Gasteiger partial charge in [-0.25, -0.2) is 0 Å². The van der Waals surface area contributed by atoms with Crippen LogP contribution in [-0.4, -0.2) is 18.4 Å². The van der Waals surface area contributed by atoms with Crippen LogP contribution in [0.4, 0.5) is 5.69 Å². The maximum Gasteiger partial charge on any atom is 0.227 e. The standard InChI is InChI=1S/C21H24N2O2/c1-15-6-3-4-7-19(15)16(2)22-20(24)14-17-9-11-18(12-10-17)23-13-5-8-21(23)25/h3-4,6-7,9-12,16H,5,8,13-14H2,1-2H3,(H,22,24)/t16-/m0/s1. The number of benzene rings is 2. The van der Waals surface area contributed by atoms with Crippen LogP contribution in [0.2, 0.25) is 0 Å². The summed E-state index contributed by atoms with van der Waals surface area (Å²) >= 11 is 0. The van der Waals surface area contributed by atoms with Gasteiger partial charge in [0.2, 0.25) is 11.8 Å². The van der Waals surface area contributed by atoms with Gasteiger partial charge in [-0.15, -0.1) is 0 Å². The second kappa shape index (κ2) is 7.51. The van der Waals surface area contributed by atoms with Crippen LogP contribution < -0.4 is 10.2 Å². The van der Waals surface area contributed by atoms with Crippen LogP contribution >= 0.6 is 0 Å². The van der Waals surface area contributed by atoms with E-state index in [0.717, 1.165) is 29.8 Å². The highest BCUT2D eigenvalue weighted by molar-refractivity contribution is 5.95. The first kappa shape index (κ1) is 17.2. The Morgan fingerprint density at radius 2 is 1.88 bits per heavy atom. The number of rotatable bonds is 5. The number of carbonyl (C=O) groups excluding carboxylic acids is 2. The number of hydrogen-bond acceptors (Lipinski definition) is 2. The normalized spacial score (nSPS) is 15.3. The van der Waals surface area contributed by atoms with E-state index in [0.29, 0.717) is 12.8 Å². The average Bonchev–Trinajstić information content (AvgIpc) is 3.02. The van der Waals surface area contributed by atoms with Crippen molar-refractivity contribution in [1.29, 1.82) is 0 Å². The van der Waals surface area contributed by atoms with E-state index in [9.17, 15) is 9.59 Å². The lowest BCUT2D eigenvalue weighted by Crippen LogP contribution is -2.28. The Bertz CT molecular complexity index is 768. The molecule has 1 fully saturated rings. The van der Waals surface area contributed by atoms with Crippen LogP contribution in [0.3, 0.4) is 0 Å². The molecule has 0 aromatic heterocycles. The molecular weight excluding hydrogens is 312 g/mol. The zero-order valence-corrected chi connectivity index (χ0v) is 14.8. The zero-order chi connectivity index (χ0) is 17.8. The molecule has 3 rings (SSSR count). The molecule has 4 heteroatoms. The molecule has 0 bridgehead atoms. The van der Waals surface area contributed by atoms with Gasteiger partial charge in [-0.3, -0.25) is 9.59 Å². The highest BCUT2D eigenvalue weighted by Gasteiger charge is 2.21. The summed E-state index contributed by atoms with van der Waals surface area (Å²) in [7, 11) is 0. The minimum atomic E-state index is -0.0183. The van der Waals surface area contributed by atoms with Crippen LogP contribution in [-0.2, 0) is 16.0 Å². The van der Waals surface area contributed by atoms with E-state index in [1.165, 1.54) is 5.56 Å². The minimum Gasteiger partial charge on any atom is -0.349 e. The maximum atomic E-state index is 12.3. The number of carbonyl (C=O) groups is 2. The van der Waals surface area contributed by atoms with Crippen LogP contribution in [0, 0.1) is 6.92 Å². The Kier molecular flexibility index (Phi) is 5.17. The molecule has 2 aromatic carbocycles. The molecular formula is C21H24N2O2. The highest BCUT2D eigenvalue weighted by atomic mass is 16.2. The molecule has 2 amide bonds. The maximum absolute atomic E-state index is 12.3. The van der Waals surface area contributed by atoms with Crippen LogP contribution in [0.5, 0.6) is 0 Å². The highest BCUT2D eigenvalue weighted by Crippen LogP contribution is 2.22. The average molecular weight is 336 g/mol. The van der Waals surface area contributed by atoms with Crippen molar-refractivity contribution in [2.45, 2.75) is 39.2 Å². The van der Waals surface area contributed by atoms with Crippen molar-refractivity contribution in [3.05, 3.63) is 65.2 Å². The molecule has 1 atom stereocenters. The SMILES string of the molecule is Cc1ccccc1[C@H](C)NC(=O)Cc1ccc(N2CCCC2=O)cc1. The lowest BCUT2D eigenvalue weighted by molar-refractivity contribution is -0.121. The largest absolute Gasteiger partial charge is 0.349 e. The van der Waals surface area contributed by atoms with E-state index in [4.69, 9.17) is 0 Å².